The average molecular weight is 465 g/mol. The van der Waals surface area contributed by atoms with Crippen molar-refractivity contribution in [3.8, 4) is 5.75 Å². The topological polar surface area (TPSA) is 36.9 Å². The number of halogens is 7. The van der Waals surface area contributed by atoms with Gasteiger partial charge in [0.2, 0.25) is 0 Å². The van der Waals surface area contributed by atoms with Crippen LogP contribution < -0.4 is 15.1 Å². The van der Waals surface area contributed by atoms with E-state index in [2.05, 4.69) is 5.10 Å². The number of ether oxygens (including phenoxy) is 1. The summed E-state index contributed by atoms with van der Waals surface area (Å²) in [4.78, 5) is 1.98. The van der Waals surface area contributed by atoms with E-state index >= 15 is 0 Å². The van der Waals surface area contributed by atoms with Gasteiger partial charge in [0.25, 0.3) is 0 Å². The van der Waals surface area contributed by atoms with Crippen molar-refractivity contribution in [3.63, 3.8) is 0 Å². The Morgan fingerprint density at radius 2 is 1.56 bits per heavy atom. The predicted octanol–water partition coefficient (Wildman–Crippen LogP) is 5.83. The van der Waals surface area contributed by atoms with Crippen LogP contribution in [0.5, 0.6) is 5.75 Å². The van der Waals surface area contributed by atoms with Gasteiger partial charge < -0.3 is 9.64 Å². The van der Waals surface area contributed by atoms with Gasteiger partial charge in [0.15, 0.2) is 0 Å². The Morgan fingerprint density at radius 3 is 2.12 bits per heavy atom. The molecule has 0 unspecified atom stereocenters. The second-order valence-corrected chi connectivity index (χ2v) is 6.69. The molecule has 0 aliphatic carbocycles. The van der Waals surface area contributed by atoms with E-state index in [0.717, 1.165) is 11.3 Å². The Bertz CT molecular complexity index is 898. The van der Waals surface area contributed by atoms with Crippen LogP contribution in [0.25, 0.3) is 0 Å². The third-order valence-corrected chi connectivity index (χ3v) is 4.52. The number of nitrogens with one attached hydrogen (secondary N) is 1. The summed E-state index contributed by atoms with van der Waals surface area (Å²) in [6.07, 6.45) is -5.75. The molecule has 4 nitrogen and oxygen atoms in total. The lowest BCUT2D eigenvalue weighted by atomic mass is 10.1. The zero-order valence-electron chi connectivity index (χ0n) is 17.3. The zero-order chi connectivity index (χ0) is 24.0. The van der Waals surface area contributed by atoms with E-state index in [0.29, 0.717) is 24.7 Å². The van der Waals surface area contributed by atoms with Crippen LogP contribution >= 0.6 is 0 Å². The molecule has 2 rings (SSSR count). The number of hydrogen-bond acceptors (Lipinski definition) is 4. The molecule has 0 amide bonds. The molecule has 0 bridgehead atoms. The predicted molar refractivity (Wildman–Crippen MR) is 107 cm³/mol. The van der Waals surface area contributed by atoms with Gasteiger partial charge in [-0.15, -0.1) is 0 Å². The number of hydrazone groups is 1. The Morgan fingerprint density at radius 1 is 0.938 bits per heavy atom. The summed E-state index contributed by atoms with van der Waals surface area (Å²) < 4.78 is 95.3. The van der Waals surface area contributed by atoms with Crippen molar-refractivity contribution in [2.24, 2.45) is 5.10 Å². The average Bonchev–Trinajstić information content (AvgIpc) is 2.74. The van der Waals surface area contributed by atoms with E-state index < -0.39 is 18.1 Å². The molecule has 2 aromatic carbocycles. The molecule has 32 heavy (non-hydrogen) atoms. The summed E-state index contributed by atoms with van der Waals surface area (Å²) in [6.45, 7) is 5.30. The van der Waals surface area contributed by atoms with Gasteiger partial charge in [-0.25, -0.2) is 5.43 Å². The van der Waals surface area contributed by atoms with Crippen LogP contribution in [-0.2, 0) is 6.61 Å². The largest absolute Gasteiger partial charge is 0.488 e. The molecule has 0 aromatic heterocycles. The van der Waals surface area contributed by atoms with Crippen molar-refractivity contribution in [2.45, 2.75) is 38.6 Å². The lowest BCUT2D eigenvalue weighted by Gasteiger charge is -2.27. The minimum atomic E-state index is -6.45. The molecule has 0 heterocycles. The molecule has 0 radical (unpaired) electrons. The van der Waals surface area contributed by atoms with Gasteiger partial charge in [-0.05, 0) is 31.5 Å². The Hall–Kier alpha value is -2.98. The van der Waals surface area contributed by atoms with Crippen LogP contribution in [-0.4, -0.2) is 37.4 Å². The Balaban J connectivity index is 2.28. The monoisotopic (exact) mass is 465 g/mol. The highest BCUT2D eigenvalue weighted by Gasteiger charge is 2.73. The molecule has 0 saturated carbocycles. The maximum atomic E-state index is 13.4. The molecule has 1 N–H and O–H groups in total. The summed E-state index contributed by atoms with van der Waals surface area (Å²) in [6, 6.07) is 8.03. The van der Waals surface area contributed by atoms with Crippen LogP contribution in [0.15, 0.2) is 53.6 Å². The third kappa shape index (κ3) is 5.83. The molecule has 2 aromatic rings. The van der Waals surface area contributed by atoms with Crippen molar-refractivity contribution < 1.29 is 35.5 Å². The van der Waals surface area contributed by atoms with Gasteiger partial charge in [-0.2, -0.15) is 35.8 Å². The van der Waals surface area contributed by atoms with Gasteiger partial charge in [0, 0.05) is 30.4 Å². The summed E-state index contributed by atoms with van der Waals surface area (Å²) >= 11 is 0. The molecule has 0 aliphatic rings. The molecule has 0 aliphatic heterocycles. The highest BCUT2D eigenvalue weighted by Crippen LogP contribution is 2.45. The molecular weight excluding hydrogens is 443 g/mol. The quantitative estimate of drug-likeness (QED) is 0.208. The number of hydrogen-bond donors (Lipinski definition) is 1. The van der Waals surface area contributed by atoms with Crippen molar-refractivity contribution in [1.82, 2.24) is 5.43 Å². The van der Waals surface area contributed by atoms with E-state index in [4.69, 9.17) is 4.74 Å². The molecule has 0 atom stereocenters. The van der Waals surface area contributed by atoms with Gasteiger partial charge in [0.1, 0.15) is 12.4 Å². The molecule has 0 fully saturated rings. The van der Waals surface area contributed by atoms with Gasteiger partial charge in [-0.3, -0.25) is 0 Å². The van der Waals surface area contributed by atoms with E-state index in [-0.39, 0.29) is 17.9 Å². The molecule has 176 valence electrons. The maximum absolute atomic E-state index is 13.4. The van der Waals surface area contributed by atoms with Crippen molar-refractivity contribution in [1.29, 1.82) is 0 Å². The second-order valence-electron chi connectivity index (χ2n) is 6.69. The van der Waals surface area contributed by atoms with Crippen molar-refractivity contribution >= 4 is 11.9 Å². The fourth-order valence-corrected chi connectivity index (χ4v) is 2.71. The zero-order valence-corrected chi connectivity index (χ0v) is 17.3. The lowest BCUT2D eigenvalue weighted by molar-refractivity contribution is -0.361. The van der Waals surface area contributed by atoms with Gasteiger partial charge in [-0.1, -0.05) is 30.3 Å². The highest BCUT2D eigenvalue weighted by molar-refractivity contribution is 5.84. The first-order valence-corrected chi connectivity index (χ1v) is 9.61. The Labute approximate surface area is 180 Å². The first-order valence-electron chi connectivity index (χ1n) is 9.61. The minimum Gasteiger partial charge on any atom is -0.488 e. The standard InChI is InChI=1S/C21H22F7N3O/c1-3-31(4-2)17-11-10-16(18(12-17)32-14-15-8-6-5-7-9-15)13-29-30-21(27,28)19(22,23)20(24,25)26/h5-13,30H,3-4,14H2,1-2H3/b29-13-. The normalized spacial score (nSPS) is 12.8. The van der Waals surface area contributed by atoms with Crippen LogP contribution in [0.2, 0.25) is 0 Å². The second kappa shape index (κ2) is 10.1. The number of rotatable bonds is 10. The lowest BCUT2D eigenvalue weighted by Crippen LogP contribution is -2.58. The first kappa shape index (κ1) is 25.3. The molecular formula is C21H22F7N3O. The van der Waals surface area contributed by atoms with E-state index in [9.17, 15) is 30.7 Å². The van der Waals surface area contributed by atoms with Crippen molar-refractivity contribution in [2.75, 3.05) is 18.0 Å². The SMILES string of the molecule is CCN(CC)c1ccc(/C=N\NC(F)(F)C(F)(F)C(F)(F)F)c(OCc2ccccc2)c1. The first-order chi connectivity index (χ1) is 14.9. The minimum absolute atomic E-state index is 0.107. The van der Waals surface area contributed by atoms with Gasteiger partial charge >= 0.3 is 18.1 Å². The fraction of sp³-hybridized carbons (Fsp3) is 0.381. The smallest absolute Gasteiger partial charge is 0.462 e. The van der Waals surface area contributed by atoms with E-state index in [1.165, 1.54) is 6.07 Å². The number of nitrogens with zero attached hydrogens (tertiary/aromatic N) is 2. The van der Waals surface area contributed by atoms with E-state index in [1.54, 1.807) is 36.4 Å². The van der Waals surface area contributed by atoms with Gasteiger partial charge in [0.05, 0.1) is 6.21 Å². The molecule has 11 heteroatoms. The highest BCUT2D eigenvalue weighted by atomic mass is 19.4. The maximum Gasteiger partial charge on any atom is 0.462 e. The van der Waals surface area contributed by atoms with Crippen LogP contribution in [0.4, 0.5) is 36.4 Å². The number of benzene rings is 2. The number of anilines is 1. The Kier molecular flexibility index (Phi) is 7.97. The summed E-state index contributed by atoms with van der Waals surface area (Å²) in [7, 11) is 0. The van der Waals surface area contributed by atoms with Crippen molar-refractivity contribution in [3.05, 3.63) is 59.7 Å². The molecule has 0 spiro atoms. The van der Waals surface area contributed by atoms with Crippen LogP contribution in [0.1, 0.15) is 25.0 Å². The summed E-state index contributed by atoms with van der Waals surface area (Å²) in [5.74, 6) is -6.12. The molecule has 0 saturated heterocycles. The number of alkyl halides is 7. The van der Waals surface area contributed by atoms with E-state index in [1.807, 2.05) is 24.8 Å². The third-order valence-electron chi connectivity index (χ3n) is 4.52. The summed E-state index contributed by atoms with van der Waals surface area (Å²) in [5.41, 5.74) is 2.27. The summed E-state index contributed by atoms with van der Waals surface area (Å²) in [5, 5.41) is 2.92. The van der Waals surface area contributed by atoms with Crippen LogP contribution in [0, 0.1) is 0 Å². The fourth-order valence-electron chi connectivity index (χ4n) is 2.71. The van der Waals surface area contributed by atoms with Crippen LogP contribution in [0.3, 0.4) is 0 Å².